The fourth-order valence-corrected chi connectivity index (χ4v) is 2.18. The molecule has 2 nitrogen and oxygen atoms in total. The van der Waals surface area contributed by atoms with E-state index in [9.17, 15) is 4.39 Å². The Hall–Kier alpha value is -0.670. The molecule has 15 heavy (non-hydrogen) atoms. The highest BCUT2D eigenvalue weighted by atomic mass is 19.1. The Labute approximate surface area is 90.6 Å². The molecule has 2 atom stereocenters. The Kier molecular flexibility index (Phi) is 3.54. The SMILES string of the molecule is NC1CCN(CCC2=CCC(F)C=C2)C1. The van der Waals surface area contributed by atoms with Crippen molar-refractivity contribution in [2.45, 2.75) is 31.5 Å². The Balaban J connectivity index is 1.72. The van der Waals surface area contributed by atoms with Gasteiger partial charge in [0, 0.05) is 25.6 Å². The van der Waals surface area contributed by atoms with Gasteiger partial charge >= 0.3 is 0 Å². The second-order valence-corrected chi connectivity index (χ2v) is 4.49. The van der Waals surface area contributed by atoms with E-state index >= 15 is 0 Å². The van der Waals surface area contributed by atoms with E-state index in [1.54, 1.807) is 6.08 Å². The number of nitrogens with two attached hydrogens (primary N) is 1. The molecule has 84 valence electrons. The van der Waals surface area contributed by atoms with Gasteiger partial charge in [-0.2, -0.15) is 0 Å². The molecule has 1 saturated heterocycles. The van der Waals surface area contributed by atoms with Crippen LogP contribution in [-0.4, -0.2) is 36.7 Å². The molecular weight excluding hydrogens is 191 g/mol. The smallest absolute Gasteiger partial charge is 0.122 e. The average molecular weight is 210 g/mol. The second-order valence-electron chi connectivity index (χ2n) is 4.49. The van der Waals surface area contributed by atoms with Crippen molar-refractivity contribution < 1.29 is 4.39 Å². The number of alkyl halides is 1. The van der Waals surface area contributed by atoms with E-state index in [1.807, 2.05) is 12.2 Å². The molecule has 0 aromatic heterocycles. The molecule has 1 heterocycles. The highest BCUT2D eigenvalue weighted by molar-refractivity contribution is 5.24. The minimum atomic E-state index is -0.769. The molecule has 3 heteroatoms. The predicted octanol–water partition coefficient (Wildman–Crippen LogP) is 1.63. The summed E-state index contributed by atoms with van der Waals surface area (Å²) in [5.74, 6) is 0. The third kappa shape index (κ3) is 3.14. The molecular formula is C12H19FN2. The minimum absolute atomic E-state index is 0.357. The molecule has 2 rings (SSSR count). The summed E-state index contributed by atoms with van der Waals surface area (Å²) in [6.07, 6.45) is 7.51. The second kappa shape index (κ2) is 4.90. The average Bonchev–Trinajstić information content (AvgIpc) is 2.64. The fraction of sp³-hybridized carbons (Fsp3) is 0.667. The van der Waals surface area contributed by atoms with Crippen LogP contribution in [0.5, 0.6) is 0 Å². The number of likely N-dealkylation sites (tertiary alicyclic amines) is 1. The van der Waals surface area contributed by atoms with Crippen LogP contribution in [0.25, 0.3) is 0 Å². The normalized spacial score (nSPS) is 32.0. The lowest BCUT2D eigenvalue weighted by atomic mass is 10.0. The first-order valence-electron chi connectivity index (χ1n) is 5.73. The summed E-state index contributed by atoms with van der Waals surface area (Å²) in [6, 6.07) is 0.357. The molecule has 2 unspecified atom stereocenters. The van der Waals surface area contributed by atoms with Crippen molar-refractivity contribution in [3.63, 3.8) is 0 Å². The number of allylic oxidation sites excluding steroid dienone is 3. The third-order valence-corrected chi connectivity index (χ3v) is 3.15. The first-order valence-corrected chi connectivity index (χ1v) is 5.73. The van der Waals surface area contributed by atoms with E-state index in [1.165, 1.54) is 5.57 Å². The van der Waals surface area contributed by atoms with Crippen LogP contribution in [0.4, 0.5) is 4.39 Å². The molecule has 1 aliphatic heterocycles. The van der Waals surface area contributed by atoms with Crippen LogP contribution in [0, 0.1) is 0 Å². The van der Waals surface area contributed by atoms with Crippen LogP contribution in [0.2, 0.25) is 0 Å². The Morgan fingerprint density at radius 3 is 3.00 bits per heavy atom. The van der Waals surface area contributed by atoms with Crippen molar-refractivity contribution in [1.82, 2.24) is 4.90 Å². The van der Waals surface area contributed by atoms with Gasteiger partial charge in [-0.3, -0.25) is 0 Å². The summed E-state index contributed by atoms with van der Waals surface area (Å²) in [5, 5.41) is 0. The highest BCUT2D eigenvalue weighted by Gasteiger charge is 2.18. The summed E-state index contributed by atoms with van der Waals surface area (Å²) in [7, 11) is 0. The van der Waals surface area contributed by atoms with Gasteiger partial charge in [0.25, 0.3) is 0 Å². The lowest BCUT2D eigenvalue weighted by Gasteiger charge is -2.16. The molecule has 0 radical (unpaired) electrons. The molecule has 0 bridgehead atoms. The molecule has 2 N–H and O–H groups in total. The number of halogens is 1. The van der Waals surface area contributed by atoms with E-state index in [0.29, 0.717) is 12.5 Å². The van der Waals surface area contributed by atoms with E-state index in [-0.39, 0.29) is 0 Å². The number of nitrogens with zero attached hydrogens (tertiary/aromatic N) is 1. The van der Waals surface area contributed by atoms with Crippen LogP contribution in [-0.2, 0) is 0 Å². The minimum Gasteiger partial charge on any atom is -0.326 e. The summed E-state index contributed by atoms with van der Waals surface area (Å²) < 4.78 is 12.8. The third-order valence-electron chi connectivity index (χ3n) is 3.15. The number of rotatable bonds is 3. The van der Waals surface area contributed by atoms with Gasteiger partial charge in [-0.05, 0) is 19.4 Å². The van der Waals surface area contributed by atoms with Gasteiger partial charge in [0.2, 0.25) is 0 Å². The molecule has 2 aliphatic rings. The van der Waals surface area contributed by atoms with Gasteiger partial charge in [0.1, 0.15) is 6.17 Å². The van der Waals surface area contributed by atoms with Crippen LogP contribution >= 0.6 is 0 Å². The maximum Gasteiger partial charge on any atom is 0.122 e. The van der Waals surface area contributed by atoms with Gasteiger partial charge < -0.3 is 10.6 Å². The monoisotopic (exact) mass is 210 g/mol. The largest absolute Gasteiger partial charge is 0.326 e. The topological polar surface area (TPSA) is 29.3 Å². The molecule has 0 spiro atoms. The highest BCUT2D eigenvalue weighted by Crippen LogP contribution is 2.17. The number of hydrogen-bond donors (Lipinski definition) is 1. The van der Waals surface area contributed by atoms with Crippen LogP contribution < -0.4 is 5.73 Å². The molecule has 0 saturated carbocycles. The maximum absolute atomic E-state index is 12.8. The van der Waals surface area contributed by atoms with Crippen molar-refractivity contribution in [3.8, 4) is 0 Å². The van der Waals surface area contributed by atoms with Gasteiger partial charge in [0.15, 0.2) is 0 Å². The van der Waals surface area contributed by atoms with Gasteiger partial charge in [-0.1, -0.05) is 23.8 Å². The maximum atomic E-state index is 12.8. The van der Waals surface area contributed by atoms with Crippen molar-refractivity contribution in [2.24, 2.45) is 5.73 Å². The van der Waals surface area contributed by atoms with Crippen molar-refractivity contribution in [3.05, 3.63) is 23.8 Å². The fourth-order valence-electron chi connectivity index (χ4n) is 2.18. The zero-order valence-electron chi connectivity index (χ0n) is 9.03. The summed E-state index contributed by atoms with van der Waals surface area (Å²) in [4.78, 5) is 2.39. The van der Waals surface area contributed by atoms with Gasteiger partial charge in [0.05, 0.1) is 0 Å². The van der Waals surface area contributed by atoms with E-state index in [4.69, 9.17) is 5.73 Å². The molecule has 1 aliphatic carbocycles. The molecule has 0 amide bonds. The van der Waals surface area contributed by atoms with Gasteiger partial charge in [-0.25, -0.2) is 4.39 Å². The molecule has 0 aromatic rings. The Bertz CT molecular complexity index is 273. The van der Waals surface area contributed by atoms with Gasteiger partial charge in [-0.15, -0.1) is 0 Å². The molecule has 1 fully saturated rings. The molecule has 0 aromatic carbocycles. The quantitative estimate of drug-likeness (QED) is 0.767. The van der Waals surface area contributed by atoms with E-state index in [0.717, 1.165) is 32.5 Å². The Morgan fingerprint density at radius 2 is 2.40 bits per heavy atom. The Morgan fingerprint density at radius 1 is 1.53 bits per heavy atom. The van der Waals surface area contributed by atoms with E-state index < -0.39 is 6.17 Å². The van der Waals surface area contributed by atoms with Crippen molar-refractivity contribution >= 4 is 0 Å². The van der Waals surface area contributed by atoms with Crippen LogP contribution in [0.1, 0.15) is 19.3 Å². The summed E-state index contributed by atoms with van der Waals surface area (Å²) >= 11 is 0. The standard InChI is InChI=1S/C12H19FN2/c13-11-3-1-10(2-4-11)5-7-15-8-6-12(14)9-15/h1-3,11-12H,4-9,14H2. The lowest BCUT2D eigenvalue weighted by Crippen LogP contribution is -2.27. The predicted molar refractivity (Wildman–Crippen MR) is 60.4 cm³/mol. The number of hydrogen-bond acceptors (Lipinski definition) is 2. The summed E-state index contributed by atoms with van der Waals surface area (Å²) in [6.45, 7) is 3.19. The van der Waals surface area contributed by atoms with Crippen molar-refractivity contribution in [2.75, 3.05) is 19.6 Å². The lowest BCUT2D eigenvalue weighted by molar-refractivity contribution is 0.338. The van der Waals surface area contributed by atoms with Crippen molar-refractivity contribution in [1.29, 1.82) is 0 Å². The first-order chi connectivity index (χ1) is 7.24. The summed E-state index contributed by atoms with van der Waals surface area (Å²) in [5.41, 5.74) is 7.10. The zero-order chi connectivity index (χ0) is 10.7. The zero-order valence-corrected chi connectivity index (χ0v) is 9.03. The van der Waals surface area contributed by atoms with Crippen LogP contribution in [0.3, 0.4) is 0 Å². The first kappa shape index (κ1) is 10.8. The van der Waals surface area contributed by atoms with Crippen LogP contribution in [0.15, 0.2) is 23.8 Å². The van der Waals surface area contributed by atoms with E-state index in [2.05, 4.69) is 4.90 Å².